The highest BCUT2D eigenvalue weighted by Crippen LogP contribution is 2.23. The van der Waals surface area contributed by atoms with Gasteiger partial charge in [-0.2, -0.15) is 0 Å². The maximum absolute atomic E-state index is 12.0. The summed E-state index contributed by atoms with van der Waals surface area (Å²) in [7, 11) is 0. The topological polar surface area (TPSA) is 78.1 Å². The first kappa shape index (κ1) is 15.7. The molecule has 0 aliphatic rings. The van der Waals surface area contributed by atoms with Crippen LogP contribution in [0.4, 0.5) is 0 Å². The minimum atomic E-state index is -0.420. The van der Waals surface area contributed by atoms with Crippen molar-refractivity contribution in [1.29, 1.82) is 0 Å². The van der Waals surface area contributed by atoms with Crippen LogP contribution in [0.5, 0.6) is 0 Å². The SMILES string of the molecule is Cc1nnc(COC(=O)c2ccc(SCc3cscn3)cc2)o1. The van der Waals surface area contributed by atoms with E-state index in [1.807, 2.05) is 23.0 Å². The first-order valence-corrected chi connectivity index (χ1v) is 8.69. The van der Waals surface area contributed by atoms with Crippen LogP contribution in [0.25, 0.3) is 0 Å². The van der Waals surface area contributed by atoms with E-state index in [2.05, 4.69) is 15.2 Å². The fourth-order valence-corrected chi connectivity index (χ4v) is 3.22. The van der Waals surface area contributed by atoms with Gasteiger partial charge in [-0.25, -0.2) is 9.78 Å². The van der Waals surface area contributed by atoms with Crippen molar-refractivity contribution in [3.8, 4) is 0 Å². The van der Waals surface area contributed by atoms with Gasteiger partial charge in [0.2, 0.25) is 5.89 Å². The predicted molar refractivity (Wildman–Crippen MR) is 86.3 cm³/mol. The van der Waals surface area contributed by atoms with Crippen molar-refractivity contribution in [2.75, 3.05) is 0 Å². The van der Waals surface area contributed by atoms with Gasteiger partial charge in [0.1, 0.15) is 0 Å². The summed E-state index contributed by atoms with van der Waals surface area (Å²) in [5, 5.41) is 9.47. The van der Waals surface area contributed by atoms with Gasteiger partial charge in [0.05, 0.1) is 16.8 Å². The van der Waals surface area contributed by atoms with E-state index in [1.165, 1.54) is 0 Å². The Hall–Kier alpha value is -2.19. The van der Waals surface area contributed by atoms with E-state index in [-0.39, 0.29) is 12.5 Å². The van der Waals surface area contributed by atoms with Gasteiger partial charge < -0.3 is 9.15 Å². The third-order valence-corrected chi connectivity index (χ3v) is 4.54. The molecule has 0 saturated carbocycles. The Labute approximate surface area is 140 Å². The first-order valence-electron chi connectivity index (χ1n) is 6.77. The predicted octanol–water partition coefficient (Wildman–Crippen LogP) is 3.48. The van der Waals surface area contributed by atoms with Crippen LogP contribution in [0.1, 0.15) is 27.8 Å². The minimum Gasteiger partial charge on any atom is -0.452 e. The Bertz CT molecular complexity index is 770. The highest BCUT2D eigenvalue weighted by Gasteiger charge is 2.10. The zero-order valence-corrected chi connectivity index (χ0v) is 13.9. The maximum Gasteiger partial charge on any atom is 0.338 e. The Kier molecular flexibility index (Phi) is 5.04. The van der Waals surface area contributed by atoms with Gasteiger partial charge in [0, 0.05) is 23.0 Å². The minimum absolute atomic E-state index is 0.0278. The first-order chi connectivity index (χ1) is 11.2. The molecule has 0 fully saturated rings. The highest BCUT2D eigenvalue weighted by atomic mass is 32.2. The van der Waals surface area contributed by atoms with Crippen molar-refractivity contribution in [2.24, 2.45) is 0 Å². The van der Waals surface area contributed by atoms with Crippen LogP contribution in [0.15, 0.2) is 44.5 Å². The molecular weight excluding hydrogens is 334 g/mol. The number of nitrogens with zero attached hydrogens (tertiary/aromatic N) is 3. The van der Waals surface area contributed by atoms with Crippen LogP contribution in [0.2, 0.25) is 0 Å². The Morgan fingerprint density at radius 1 is 1.30 bits per heavy atom. The normalized spacial score (nSPS) is 10.7. The van der Waals surface area contributed by atoms with Gasteiger partial charge in [0.15, 0.2) is 6.61 Å². The van der Waals surface area contributed by atoms with E-state index in [1.54, 1.807) is 42.2 Å². The maximum atomic E-state index is 12.0. The average molecular weight is 347 g/mol. The molecule has 118 valence electrons. The lowest BCUT2D eigenvalue weighted by atomic mass is 10.2. The molecule has 0 N–H and O–H groups in total. The van der Waals surface area contributed by atoms with Gasteiger partial charge >= 0.3 is 5.97 Å². The van der Waals surface area contributed by atoms with Gasteiger partial charge in [-0.3, -0.25) is 0 Å². The van der Waals surface area contributed by atoms with Crippen LogP contribution < -0.4 is 0 Å². The van der Waals surface area contributed by atoms with Crippen LogP contribution in [0, 0.1) is 6.92 Å². The van der Waals surface area contributed by atoms with E-state index in [9.17, 15) is 4.79 Å². The molecule has 0 amide bonds. The highest BCUT2D eigenvalue weighted by molar-refractivity contribution is 7.98. The molecule has 0 bridgehead atoms. The van der Waals surface area contributed by atoms with Gasteiger partial charge in [0.25, 0.3) is 5.89 Å². The van der Waals surface area contributed by atoms with Crippen molar-refractivity contribution >= 4 is 29.1 Å². The third-order valence-electron chi connectivity index (χ3n) is 2.85. The summed E-state index contributed by atoms with van der Waals surface area (Å²) in [4.78, 5) is 17.3. The largest absolute Gasteiger partial charge is 0.452 e. The second-order valence-corrected chi connectivity index (χ2v) is 6.35. The number of ether oxygens (including phenoxy) is 1. The number of aromatic nitrogens is 3. The van der Waals surface area contributed by atoms with Gasteiger partial charge in [-0.1, -0.05) is 0 Å². The summed E-state index contributed by atoms with van der Waals surface area (Å²) < 4.78 is 10.3. The lowest BCUT2D eigenvalue weighted by molar-refractivity contribution is 0.0437. The molecule has 0 atom stereocenters. The number of hydrogen-bond acceptors (Lipinski definition) is 8. The molecule has 23 heavy (non-hydrogen) atoms. The molecule has 6 nitrogen and oxygen atoms in total. The summed E-state index contributed by atoms with van der Waals surface area (Å²) >= 11 is 3.25. The molecule has 3 rings (SSSR count). The molecule has 0 spiro atoms. The monoisotopic (exact) mass is 347 g/mol. The summed E-state index contributed by atoms with van der Waals surface area (Å²) in [6.45, 7) is 1.65. The Morgan fingerprint density at radius 3 is 2.78 bits per heavy atom. The number of aryl methyl sites for hydroxylation is 1. The van der Waals surface area contributed by atoms with Gasteiger partial charge in [-0.05, 0) is 24.3 Å². The lowest BCUT2D eigenvalue weighted by Crippen LogP contribution is -2.05. The fraction of sp³-hybridized carbons (Fsp3) is 0.200. The number of hydrogen-bond donors (Lipinski definition) is 0. The van der Waals surface area contributed by atoms with Crippen LogP contribution >= 0.6 is 23.1 Å². The van der Waals surface area contributed by atoms with E-state index >= 15 is 0 Å². The van der Waals surface area contributed by atoms with Crippen LogP contribution in [0.3, 0.4) is 0 Å². The standard InChI is InChI=1S/C15H13N3O3S2/c1-10-17-18-14(21-10)6-20-15(19)11-2-4-13(5-3-11)23-8-12-7-22-9-16-12/h2-5,7,9H,6,8H2,1H3. The molecule has 2 aromatic heterocycles. The Balaban J connectivity index is 1.52. The molecule has 0 radical (unpaired) electrons. The van der Waals surface area contributed by atoms with Crippen molar-refractivity contribution in [2.45, 2.75) is 24.2 Å². The number of esters is 1. The quantitative estimate of drug-likeness (QED) is 0.499. The van der Waals surface area contributed by atoms with Crippen molar-refractivity contribution in [3.63, 3.8) is 0 Å². The Morgan fingerprint density at radius 2 is 2.13 bits per heavy atom. The molecule has 1 aromatic carbocycles. The lowest BCUT2D eigenvalue weighted by Gasteiger charge is -2.04. The van der Waals surface area contributed by atoms with Crippen molar-refractivity contribution in [1.82, 2.24) is 15.2 Å². The molecule has 3 aromatic rings. The third kappa shape index (κ3) is 4.40. The van der Waals surface area contributed by atoms with E-state index in [0.29, 0.717) is 11.5 Å². The fourth-order valence-electron chi connectivity index (χ4n) is 1.76. The summed E-state index contributed by atoms with van der Waals surface area (Å²) in [5.41, 5.74) is 3.36. The molecule has 0 saturated heterocycles. The zero-order valence-electron chi connectivity index (χ0n) is 12.3. The second-order valence-electron chi connectivity index (χ2n) is 4.58. The summed E-state index contributed by atoms with van der Waals surface area (Å²) in [6.07, 6.45) is 0. The van der Waals surface area contributed by atoms with E-state index < -0.39 is 5.97 Å². The van der Waals surface area contributed by atoms with Crippen LogP contribution in [-0.4, -0.2) is 21.2 Å². The molecule has 0 aliphatic heterocycles. The molecule has 0 unspecified atom stereocenters. The smallest absolute Gasteiger partial charge is 0.338 e. The summed E-state index contributed by atoms with van der Waals surface area (Å²) in [6, 6.07) is 7.27. The molecule has 2 heterocycles. The number of carbonyl (C=O) groups is 1. The molecular formula is C15H13N3O3S2. The second kappa shape index (κ2) is 7.38. The average Bonchev–Trinajstić information content (AvgIpc) is 3.22. The van der Waals surface area contributed by atoms with Crippen molar-refractivity contribution < 1.29 is 13.9 Å². The van der Waals surface area contributed by atoms with Crippen molar-refractivity contribution in [3.05, 3.63) is 58.2 Å². The number of rotatable bonds is 6. The number of thiazole rings is 1. The van der Waals surface area contributed by atoms with Crippen LogP contribution in [-0.2, 0) is 17.1 Å². The molecule has 8 heteroatoms. The number of carbonyl (C=O) groups excluding carboxylic acids is 1. The number of thioether (sulfide) groups is 1. The zero-order chi connectivity index (χ0) is 16.1. The van der Waals surface area contributed by atoms with Gasteiger partial charge in [-0.15, -0.1) is 33.3 Å². The molecule has 0 aliphatic carbocycles. The summed E-state index contributed by atoms with van der Waals surface area (Å²) in [5.74, 6) is 1.12. The van der Waals surface area contributed by atoms with E-state index in [4.69, 9.17) is 9.15 Å². The number of benzene rings is 1. The van der Waals surface area contributed by atoms with E-state index in [0.717, 1.165) is 16.3 Å².